The SMILES string of the molecule is Cn1c(=O)cc(-c2cccc(F)c2)c2cc(C(O)c3ccc(Cl)cc3)cnc21.Cn1ccnc1. The van der Waals surface area contributed by atoms with Gasteiger partial charge in [0, 0.05) is 54.7 Å². The van der Waals surface area contributed by atoms with E-state index in [1.165, 1.54) is 29.0 Å². The highest BCUT2D eigenvalue weighted by Crippen LogP contribution is 2.30. The normalized spacial score (nSPS) is 11.7. The molecular formula is C26H22ClFN4O2. The van der Waals surface area contributed by atoms with Crippen molar-refractivity contribution in [1.82, 2.24) is 19.1 Å². The molecule has 1 atom stereocenters. The first-order chi connectivity index (χ1) is 16.3. The molecule has 6 nitrogen and oxygen atoms in total. The number of aliphatic hydroxyl groups is 1. The van der Waals surface area contributed by atoms with E-state index in [2.05, 4.69) is 9.97 Å². The molecule has 3 heterocycles. The number of pyridine rings is 2. The van der Waals surface area contributed by atoms with Crippen LogP contribution in [0.25, 0.3) is 22.2 Å². The van der Waals surface area contributed by atoms with Gasteiger partial charge in [0.25, 0.3) is 5.56 Å². The molecule has 0 saturated carbocycles. The summed E-state index contributed by atoms with van der Waals surface area (Å²) in [6.07, 6.45) is 6.02. The van der Waals surface area contributed by atoms with Crippen molar-refractivity contribution in [3.8, 4) is 11.1 Å². The van der Waals surface area contributed by atoms with E-state index in [0.29, 0.717) is 38.3 Å². The second kappa shape index (κ2) is 9.99. The van der Waals surface area contributed by atoms with Crippen LogP contribution in [0.3, 0.4) is 0 Å². The number of benzene rings is 2. The number of nitrogens with zero attached hydrogens (tertiary/aromatic N) is 4. The Hall–Kier alpha value is -3.81. The van der Waals surface area contributed by atoms with Crippen molar-refractivity contribution < 1.29 is 9.50 Å². The lowest BCUT2D eigenvalue weighted by atomic mass is 9.98. The van der Waals surface area contributed by atoms with Gasteiger partial charge in [0.2, 0.25) is 0 Å². The number of aliphatic hydroxyl groups excluding tert-OH is 1. The fraction of sp³-hybridized carbons (Fsp3) is 0.115. The minimum atomic E-state index is -0.910. The molecule has 0 saturated heterocycles. The zero-order chi connectivity index (χ0) is 24.2. The molecule has 172 valence electrons. The molecule has 0 amide bonds. The van der Waals surface area contributed by atoms with Crippen LogP contribution in [0, 0.1) is 5.82 Å². The van der Waals surface area contributed by atoms with Gasteiger partial charge < -0.3 is 9.67 Å². The predicted octanol–water partition coefficient (Wildman–Crippen LogP) is 4.89. The van der Waals surface area contributed by atoms with Crippen LogP contribution in [0.5, 0.6) is 0 Å². The van der Waals surface area contributed by atoms with Crippen molar-refractivity contribution in [2.75, 3.05) is 0 Å². The number of rotatable bonds is 3. The molecule has 0 bridgehead atoms. The van der Waals surface area contributed by atoms with Gasteiger partial charge in [-0.2, -0.15) is 0 Å². The maximum atomic E-state index is 13.7. The number of fused-ring (bicyclic) bond motifs is 1. The first kappa shape index (κ1) is 23.4. The van der Waals surface area contributed by atoms with Gasteiger partial charge in [-0.3, -0.25) is 9.36 Å². The number of halogens is 2. The van der Waals surface area contributed by atoms with Gasteiger partial charge in [0.15, 0.2) is 0 Å². The molecule has 0 aliphatic carbocycles. The first-order valence-corrected chi connectivity index (χ1v) is 10.8. The van der Waals surface area contributed by atoms with Gasteiger partial charge in [0.05, 0.1) is 6.33 Å². The summed E-state index contributed by atoms with van der Waals surface area (Å²) in [6, 6.07) is 16.2. The average molecular weight is 477 g/mol. The Balaban J connectivity index is 0.000000398. The molecule has 2 aromatic carbocycles. The average Bonchev–Trinajstić information content (AvgIpc) is 3.32. The van der Waals surface area contributed by atoms with Crippen molar-refractivity contribution in [3.05, 3.63) is 118 Å². The minimum absolute atomic E-state index is 0.245. The molecule has 0 fully saturated rings. The molecule has 5 rings (SSSR count). The van der Waals surface area contributed by atoms with Crippen molar-refractivity contribution in [3.63, 3.8) is 0 Å². The van der Waals surface area contributed by atoms with Gasteiger partial charge in [0.1, 0.15) is 17.6 Å². The Morgan fingerprint density at radius 3 is 2.41 bits per heavy atom. The van der Waals surface area contributed by atoms with Crippen LogP contribution in [0.15, 0.2) is 90.4 Å². The van der Waals surface area contributed by atoms with Gasteiger partial charge in [-0.25, -0.2) is 14.4 Å². The minimum Gasteiger partial charge on any atom is -0.384 e. The van der Waals surface area contributed by atoms with Crippen LogP contribution in [0.2, 0.25) is 5.02 Å². The lowest BCUT2D eigenvalue weighted by molar-refractivity contribution is 0.220. The summed E-state index contributed by atoms with van der Waals surface area (Å²) < 4.78 is 17.1. The fourth-order valence-corrected chi connectivity index (χ4v) is 3.68. The van der Waals surface area contributed by atoms with Gasteiger partial charge in [-0.1, -0.05) is 35.9 Å². The molecule has 5 aromatic rings. The number of aryl methyl sites for hydroxylation is 2. The zero-order valence-corrected chi connectivity index (χ0v) is 19.3. The summed E-state index contributed by atoms with van der Waals surface area (Å²) in [5.74, 6) is -0.392. The van der Waals surface area contributed by atoms with Crippen LogP contribution in [0.1, 0.15) is 17.2 Å². The molecular weight excluding hydrogens is 455 g/mol. The smallest absolute Gasteiger partial charge is 0.252 e. The highest BCUT2D eigenvalue weighted by Gasteiger charge is 2.16. The number of hydrogen-bond acceptors (Lipinski definition) is 4. The van der Waals surface area contributed by atoms with Crippen LogP contribution in [-0.2, 0) is 14.1 Å². The van der Waals surface area contributed by atoms with Crippen molar-refractivity contribution in [2.24, 2.45) is 14.1 Å². The number of hydrogen-bond donors (Lipinski definition) is 1. The Labute approximate surface area is 200 Å². The molecule has 0 radical (unpaired) electrons. The van der Waals surface area contributed by atoms with E-state index in [-0.39, 0.29) is 5.56 Å². The Kier molecular flexibility index (Phi) is 6.86. The summed E-state index contributed by atoms with van der Waals surface area (Å²) in [6.45, 7) is 0. The molecule has 0 aliphatic rings. The standard InChI is InChI=1S/C22H16ClFN2O2.C4H6N2/c1-26-20(27)11-18(14-3-2-4-17(24)9-14)19-10-15(12-25-22(19)26)21(28)13-5-7-16(23)8-6-13;1-6-3-2-5-4-6/h2-12,21,28H,1H3;2-4H,1H3. The Morgan fingerprint density at radius 1 is 1.03 bits per heavy atom. The zero-order valence-electron chi connectivity index (χ0n) is 18.6. The lowest BCUT2D eigenvalue weighted by Crippen LogP contribution is -2.17. The van der Waals surface area contributed by atoms with Crippen molar-refractivity contribution >= 4 is 22.6 Å². The largest absolute Gasteiger partial charge is 0.384 e. The van der Waals surface area contributed by atoms with E-state index in [1.54, 1.807) is 62.0 Å². The van der Waals surface area contributed by atoms with E-state index in [1.807, 2.05) is 17.8 Å². The highest BCUT2D eigenvalue weighted by atomic mass is 35.5. The van der Waals surface area contributed by atoms with E-state index in [9.17, 15) is 14.3 Å². The summed E-state index contributed by atoms with van der Waals surface area (Å²) in [5.41, 5.74) is 2.58. The molecule has 1 N–H and O–H groups in total. The molecule has 34 heavy (non-hydrogen) atoms. The van der Waals surface area contributed by atoms with Gasteiger partial charge in [-0.15, -0.1) is 0 Å². The second-order valence-corrected chi connectivity index (χ2v) is 8.22. The summed E-state index contributed by atoms with van der Waals surface area (Å²) in [7, 11) is 3.56. The number of aromatic nitrogens is 4. The maximum Gasteiger partial charge on any atom is 0.252 e. The first-order valence-electron chi connectivity index (χ1n) is 10.4. The Morgan fingerprint density at radius 2 is 1.79 bits per heavy atom. The van der Waals surface area contributed by atoms with E-state index in [0.717, 1.165) is 0 Å². The van der Waals surface area contributed by atoms with Crippen LogP contribution < -0.4 is 5.56 Å². The molecule has 8 heteroatoms. The van der Waals surface area contributed by atoms with E-state index >= 15 is 0 Å². The van der Waals surface area contributed by atoms with Crippen molar-refractivity contribution in [1.29, 1.82) is 0 Å². The molecule has 1 unspecified atom stereocenters. The fourth-order valence-electron chi connectivity index (χ4n) is 3.55. The molecule has 0 aliphatic heterocycles. The van der Waals surface area contributed by atoms with Crippen LogP contribution in [0.4, 0.5) is 4.39 Å². The number of imidazole rings is 1. The maximum absolute atomic E-state index is 13.7. The monoisotopic (exact) mass is 476 g/mol. The third kappa shape index (κ3) is 5.06. The van der Waals surface area contributed by atoms with Gasteiger partial charge >= 0.3 is 0 Å². The highest BCUT2D eigenvalue weighted by molar-refractivity contribution is 6.30. The van der Waals surface area contributed by atoms with E-state index in [4.69, 9.17) is 11.6 Å². The second-order valence-electron chi connectivity index (χ2n) is 7.79. The van der Waals surface area contributed by atoms with Crippen molar-refractivity contribution in [2.45, 2.75) is 6.10 Å². The van der Waals surface area contributed by atoms with Gasteiger partial charge in [-0.05, 0) is 47.0 Å². The predicted molar refractivity (Wildman–Crippen MR) is 131 cm³/mol. The summed E-state index contributed by atoms with van der Waals surface area (Å²) >= 11 is 5.92. The van der Waals surface area contributed by atoms with Crippen LogP contribution >= 0.6 is 11.6 Å². The third-order valence-corrected chi connectivity index (χ3v) is 5.62. The third-order valence-electron chi connectivity index (χ3n) is 5.37. The van der Waals surface area contributed by atoms with E-state index < -0.39 is 11.9 Å². The quantitative estimate of drug-likeness (QED) is 0.402. The topological polar surface area (TPSA) is 72.9 Å². The molecule has 3 aromatic heterocycles. The summed E-state index contributed by atoms with van der Waals surface area (Å²) in [4.78, 5) is 20.5. The summed E-state index contributed by atoms with van der Waals surface area (Å²) in [5, 5.41) is 12.0. The lowest BCUT2D eigenvalue weighted by Gasteiger charge is -2.15. The van der Waals surface area contributed by atoms with Crippen LogP contribution in [-0.4, -0.2) is 24.2 Å². The molecule has 0 spiro atoms. The Bertz CT molecular complexity index is 1480.